The lowest BCUT2D eigenvalue weighted by Gasteiger charge is -2.16. The second-order valence-corrected chi connectivity index (χ2v) is 9.35. The van der Waals surface area contributed by atoms with Crippen LogP contribution >= 0.6 is 11.6 Å². The van der Waals surface area contributed by atoms with Crippen LogP contribution in [0.5, 0.6) is 0 Å². The Morgan fingerprint density at radius 1 is 0.424 bits per heavy atom. The third kappa shape index (κ3) is 3.39. The highest BCUT2D eigenvalue weighted by molar-refractivity contribution is 6.32. The first-order chi connectivity index (χ1) is 16.1. The van der Waals surface area contributed by atoms with Gasteiger partial charge in [0.1, 0.15) is 0 Å². The van der Waals surface area contributed by atoms with Crippen molar-refractivity contribution in [2.24, 2.45) is 0 Å². The highest BCUT2D eigenvalue weighted by Crippen LogP contribution is 2.42. The Hall–Kier alpha value is -3.61. The van der Waals surface area contributed by atoms with Crippen molar-refractivity contribution in [3.8, 4) is 22.3 Å². The van der Waals surface area contributed by atoms with Gasteiger partial charge >= 0.3 is 0 Å². The van der Waals surface area contributed by atoms with Gasteiger partial charge in [-0.25, -0.2) is 0 Å². The molecule has 0 spiro atoms. The smallest absolute Gasteiger partial charge is 0.0412 e. The van der Waals surface area contributed by atoms with Gasteiger partial charge in [-0.3, -0.25) is 0 Å². The van der Waals surface area contributed by atoms with Crippen LogP contribution in [0.25, 0.3) is 54.6 Å². The Balaban J connectivity index is 1.81. The Kier molecular flexibility index (Phi) is 4.71. The van der Waals surface area contributed by atoms with E-state index >= 15 is 0 Å². The van der Waals surface area contributed by atoms with Gasteiger partial charge < -0.3 is 0 Å². The van der Waals surface area contributed by atoms with Crippen molar-refractivity contribution in [1.29, 1.82) is 0 Å². The molecule has 0 aliphatic rings. The molecule has 6 aromatic carbocycles. The molecule has 0 amide bonds. The van der Waals surface area contributed by atoms with E-state index in [9.17, 15) is 0 Å². The lowest BCUT2D eigenvalue weighted by atomic mass is 9.87. The molecule has 0 aliphatic heterocycles. The van der Waals surface area contributed by atoms with Crippen LogP contribution in [0.4, 0.5) is 0 Å². The Morgan fingerprint density at radius 2 is 0.939 bits per heavy atom. The van der Waals surface area contributed by atoms with Crippen LogP contribution in [0.15, 0.2) is 103 Å². The summed E-state index contributed by atoms with van der Waals surface area (Å²) in [6.45, 7) is 4.29. The third-order valence-electron chi connectivity index (χ3n) is 6.60. The minimum atomic E-state index is 0.760. The molecular formula is C32H23Cl. The van der Waals surface area contributed by atoms with E-state index in [2.05, 4.69) is 111 Å². The van der Waals surface area contributed by atoms with Crippen molar-refractivity contribution >= 4 is 43.9 Å². The maximum absolute atomic E-state index is 6.54. The van der Waals surface area contributed by atoms with Crippen LogP contribution in [0.2, 0.25) is 5.02 Å². The fourth-order valence-corrected chi connectivity index (χ4v) is 5.25. The van der Waals surface area contributed by atoms with E-state index in [4.69, 9.17) is 11.6 Å². The van der Waals surface area contributed by atoms with Gasteiger partial charge in [-0.2, -0.15) is 0 Å². The van der Waals surface area contributed by atoms with Crippen LogP contribution in [-0.4, -0.2) is 0 Å². The van der Waals surface area contributed by atoms with Gasteiger partial charge in [0.15, 0.2) is 0 Å². The molecular weight excluding hydrogens is 420 g/mol. The maximum Gasteiger partial charge on any atom is 0.0412 e. The Bertz CT molecular complexity index is 1690. The van der Waals surface area contributed by atoms with Crippen LogP contribution in [0.1, 0.15) is 11.1 Å². The minimum absolute atomic E-state index is 0.760. The summed E-state index contributed by atoms with van der Waals surface area (Å²) >= 11 is 6.54. The first-order valence-electron chi connectivity index (χ1n) is 11.3. The average Bonchev–Trinajstić information content (AvgIpc) is 2.83. The highest BCUT2D eigenvalue weighted by Gasteiger charge is 2.15. The monoisotopic (exact) mass is 442 g/mol. The number of rotatable bonds is 2. The highest BCUT2D eigenvalue weighted by atomic mass is 35.5. The molecule has 0 nitrogen and oxygen atoms in total. The van der Waals surface area contributed by atoms with Gasteiger partial charge in [-0.1, -0.05) is 102 Å². The molecule has 0 fully saturated rings. The topological polar surface area (TPSA) is 0 Å². The van der Waals surface area contributed by atoms with Crippen molar-refractivity contribution in [3.63, 3.8) is 0 Å². The van der Waals surface area contributed by atoms with E-state index < -0.39 is 0 Å². The quantitative estimate of drug-likeness (QED) is 0.234. The van der Waals surface area contributed by atoms with Gasteiger partial charge in [0.05, 0.1) is 0 Å². The molecule has 0 saturated heterocycles. The Labute approximate surface area is 199 Å². The molecule has 0 aliphatic carbocycles. The number of aryl methyl sites for hydroxylation is 2. The fraction of sp³-hybridized carbons (Fsp3) is 0.0625. The molecule has 0 saturated carbocycles. The molecule has 6 rings (SSSR count). The van der Waals surface area contributed by atoms with Gasteiger partial charge in [-0.15, -0.1) is 0 Å². The SMILES string of the molecule is Cc1cccc(-c2cc3c4cc(Cl)ccc4c(-c4cccc(C)c4)cc3c3ccccc23)c1. The second-order valence-electron chi connectivity index (χ2n) is 8.92. The molecule has 1 heteroatoms. The first-order valence-corrected chi connectivity index (χ1v) is 11.7. The lowest BCUT2D eigenvalue weighted by Crippen LogP contribution is -1.90. The zero-order valence-electron chi connectivity index (χ0n) is 18.7. The lowest BCUT2D eigenvalue weighted by molar-refractivity contribution is 1.47. The molecule has 33 heavy (non-hydrogen) atoms. The van der Waals surface area contributed by atoms with Crippen molar-refractivity contribution in [2.75, 3.05) is 0 Å². The number of benzene rings is 6. The fourth-order valence-electron chi connectivity index (χ4n) is 5.08. The summed E-state index contributed by atoms with van der Waals surface area (Å²) in [6.07, 6.45) is 0. The summed E-state index contributed by atoms with van der Waals surface area (Å²) in [5, 5.41) is 8.21. The van der Waals surface area contributed by atoms with Crippen LogP contribution < -0.4 is 0 Å². The molecule has 158 valence electrons. The number of hydrogen-bond donors (Lipinski definition) is 0. The number of hydrogen-bond acceptors (Lipinski definition) is 0. The van der Waals surface area contributed by atoms with E-state index in [-0.39, 0.29) is 0 Å². The molecule has 0 radical (unpaired) electrons. The summed E-state index contributed by atoms with van der Waals surface area (Å²) in [7, 11) is 0. The van der Waals surface area contributed by atoms with Gasteiger partial charge in [-0.05, 0) is 92.7 Å². The standard InChI is InChI=1S/C32H23Cl/c1-20-7-5-9-22(15-20)28-19-32-30-17-24(33)13-14-27(30)29(23-10-6-8-21(2)16-23)18-31(32)26-12-4-3-11-25(26)28/h3-19H,1-2H3. The van der Waals surface area contributed by atoms with Crippen molar-refractivity contribution in [3.05, 3.63) is 119 Å². The van der Waals surface area contributed by atoms with Crippen molar-refractivity contribution in [2.45, 2.75) is 13.8 Å². The molecule has 0 atom stereocenters. The molecule has 0 heterocycles. The van der Waals surface area contributed by atoms with Crippen LogP contribution in [0, 0.1) is 13.8 Å². The summed E-state index contributed by atoms with van der Waals surface area (Å²) in [5.41, 5.74) is 7.49. The summed E-state index contributed by atoms with van der Waals surface area (Å²) in [5.74, 6) is 0. The predicted molar refractivity (Wildman–Crippen MR) is 144 cm³/mol. The summed E-state index contributed by atoms with van der Waals surface area (Å²) < 4.78 is 0. The number of fused-ring (bicyclic) bond motifs is 5. The Morgan fingerprint density at radius 3 is 1.55 bits per heavy atom. The van der Waals surface area contributed by atoms with E-state index in [1.165, 1.54) is 65.7 Å². The zero-order valence-corrected chi connectivity index (χ0v) is 19.4. The van der Waals surface area contributed by atoms with Gasteiger partial charge in [0.25, 0.3) is 0 Å². The molecule has 0 unspecified atom stereocenters. The maximum atomic E-state index is 6.54. The van der Waals surface area contributed by atoms with E-state index in [0.29, 0.717) is 0 Å². The molecule has 6 aromatic rings. The van der Waals surface area contributed by atoms with Crippen LogP contribution in [-0.2, 0) is 0 Å². The molecule has 0 aromatic heterocycles. The number of halogens is 1. The van der Waals surface area contributed by atoms with Crippen molar-refractivity contribution < 1.29 is 0 Å². The van der Waals surface area contributed by atoms with E-state index in [1.54, 1.807) is 0 Å². The van der Waals surface area contributed by atoms with E-state index in [0.717, 1.165) is 5.02 Å². The molecule has 0 bridgehead atoms. The van der Waals surface area contributed by atoms with Crippen molar-refractivity contribution in [1.82, 2.24) is 0 Å². The largest absolute Gasteiger partial charge is 0.0843 e. The van der Waals surface area contributed by atoms with Gasteiger partial charge in [0.2, 0.25) is 0 Å². The van der Waals surface area contributed by atoms with E-state index in [1.807, 2.05) is 6.07 Å². The third-order valence-corrected chi connectivity index (χ3v) is 6.83. The van der Waals surface area contributed by atoms with Crippen LogP contribution in [0.3, 0.4) is 0 Å². The summed E-state index contributed by atoms with van der Waals surface area (Å²) in [4.78, 5) is 0. The second kappa shape index (κ2) is 7.76. The van der Waals surface area contributed by atoms with Gasteiger partial charge in [0, 0.05) is 5.02 Å². The first kappa shape index (κ1) is 20.0. The predicted octanol–water partition coefficient (Wildman–Crippen LogP) is 9.75. The summed E-state index contributed by atoms with van der Waals surface area (Å²) in [6, 6.07) is 37.2. The zero-order chi connectivity index (χ0) is 22.5. The molecule has 0 N–H and O–H groups in total. The normalized spacial score (nSPS) is 11.5. The minimum Gasteiger partial charge on any atom is -0.0843 e. The average molecular weight is 443 g/mol.